The number of amides is 1. The van der Waals surface area contributed by atoms with Crippen molar-refractivity contribution in [1.82, 2.24) is 4.90 Å². The minimum atomic E-state index is -0.0468. The number of nitriles is 2. The normalized spacial score (nSPS) is 14.6. The van der Waals surface area contributed by atoms with E-state index in [1.165, 1.54) is 5.56 Å². The predicted octanol–water partition coefficient (Wildman–Crippen LogP) is 3.03. The molecule has 5 heteroatoms. The van der Waals surface area contributed by atoms with E-state index in [1.54, 1.807) is 18.2 Å². The topological polar surface area (TPSA) is 93.9 Å². The van der Waals surface area contributed by atoms with Gasteiger partial charge < -0.3 is 10.6 Å². The lowest BCUT2D eigenvalue weighted by Gasteiger charge is -2.32. The molecule has 1 fully saturated rings. The van der Waals surface area contributed by atoms with Gasteiger partial charge in [0, 0.05) is 18.7 Å². The largest absolute Gasteiger partial charge is 0.398 e. The predicted molar refractivity (Wildman–Crippen MR) is 94.6 cm³/mol. The van der Waals surface area contributed by atoms with Crippen molar-refractivity contribution < 1.29 is 4.79 Å². The maximum atomic E-state index is 12.6. The maximum absolute atomic E-state index is 12.6. The van der Waals surface area contributed by atoms with E-state index in [4.69, 9.17) is 16.3 Å². The fourth-order valence-electron chi connectivity index (χ4n) is 3.23. The highest BCUT2D eigenvalue weighted by Crippen LogP contribution is 2.29. The molecule has 2 aromatic carbocycles. The van der Waals surface area contributed by atoms with Crippen molar-refractivity contribution in [2.24, 2.45) is 0 Å². The second-order valence-electron chi connectivity index (χ2n) is 6.21. The Balaban J connectivity index is 1.65. The molecule has 2 N–H and O–H groups in total. The van der Waals surface area contributed by atoms with E-state index in [1.807, 2.05) is 35.2 Å². The van der Waals surface area contributed by atoms with Crippen LogP contribution >= 0.6 is 0 Å². The number of carbonyl (C=O) groups is 1. The molecule has 0 bridgehead atoms. The first-order chi connectivity index (χ1) is 12.1. The summed E-state index contributed by atoms with van der Waals surface area (Å²) in [6.45, 7) is 1.37. The van der Waals surface area contributed by atoms with Gasteiger partial charge in [0.1, 0.15) is 6.07 Å². The molecule has 0 aromatic heterocycles. The molecule has 0 saturated carbocycles. The van der Waals surface area contributed by atoms with Gasteiger partial charge in [0.2, 0.25) is 0 Å². The standard InChI is InChI=1S/C20H18N4O/c21-12-14-1-3-15(4-2-14)16-7-9-24(10-8-16)20(25)17-5-6-18(13-22)19(23)11-17/h1-6,11,16H,7-10,23H2. The third kappa shape index (κ3) is 3.46. The molecule has 1 aliphatic rings. The number of benzene rings is 2. The fraction of sp³-hybridized carbons (Fsp3) is 0.250. The number of nitrogens with two attached hydrogens (primary N) is 1. The van der Waals surface area contributed by atoms with Crippen molar-refractivity contribution in [1.29, 1.82) is 10.5 Å². The van der Waals surface area contributed by atoms with E-state index in [9.17, 15) is 4.79 Å². The van der Waals surface area contributed by atoms with Crippen LogP contribution < -0.4 is 5.73 Å². The van der Waals surface area contributed by atoms with Crippen LogP contribution in [0.3, 0.4) is 0 Å². The minimum Gasteiger partial charge on any atom is -0.398 e. The summed E-state index contributed by atoms with van der Waals surface area (Å²) in [4.78, 5) is 14.5. The molecular formula is C20H18N4O. The molecule has 25 heavy (non-hydrogen) atoms. The van der Waals surface area contributed by atoms with Gasteiger partial charge in [-0.3, -0.25) is 4.79 Å². The smallest absolute Gasteiger partial charge is 0.253 e. The Labute approximate surface area is 146 Å². The van der Waals surface area contributed by atoms with E-state index >= 15 is 0 Å². The van der Waals surface area contributed by atoms with Crippen LogP contribution in [0.2, 0.25) is 0 Å². The summed E-state index contributed by atoms with van der Waals surface area (Å²) in [7, 11) is 0. The van der Waals surface area contributed by atoms with Gasteiger partial charge in [-0.05, 0) is 54.7 Å². The van der Waals surface area contributed by atoms with Crippen molar-refractivity contribution >= 4 is 11.6 Å². The van der Waals surface area contributed by atoms with Crippen molar-refractivity contribution in [3.63, 3.8) is 0 Å². The molecule has 5 nitrogen and oxygen atoms in total. The first-order valence-corrected chi connectivity index (χ1v) is 8.21. The lowest BCUT2D eigenvalue weighted by Crippen LogP contribution is -2.37. The van der Waals surface area contributed by atoms with Crippen molar-refractivity contribution in [3.8, 4) is 12.1 Å². The van der Waals surface area contributed by atoms with Crippen molar-refractivity contribution in [2.75, 3.05) is 18.8 Å². The molecule has 0 aliphatic carbocycles. The summed E-state index contributed by atoms with van der Waals surface area (Å²) >= 11 is 0. The summed E-state index contributed by atoms with van der Waals surface area (Å²) in [5.41, 5.74) is 8.92. The molecule has 1 aliphatic heterocycles. The molecule has 124 valence electrons. The minimum absolute atomic E-state index is 0.0468. The van der Waals surface area contributed by atoms with Crippen LogP contribution in [0.5, 0.6) is 0 Å². The third-order valence-corrected chi connectivity index (χ3v) is 4.71. The van der Waals surface area contributed by atoms with Crippen LogP contribution in [-0.4, -0.2) is 23.9 Å². The number of piperidine rings is 1. The number of nitrogen functional groups attached to an aromatic ring is 1. The Hall–Kier alpha value is -3.31. The van der Waals surface area contributed by atoms with Gasteiger partial charge in [0.05, 0.1) is 22.9 Å². The zero-order valence-corrected chi connectivity index (χ0v) is 13.8. The van der Waals surface area contributed by atoms with Gasteiger partial charge in [0.15, 0.2) is 0 Å². The molecule has 1 saturated heterocycles. The first-order valence-electron chi connectivity index (χ1n) is 8.21. The Bertz CT molecular complexity index is 866. The van der Waals surface area contributed by atoms with E-state index in [0.717, 1.165) is 12.8 Å². The summed E-state index contributed by atoms with van der Waals surface area (Å²) in [6, 6.07) is 16.6. The number of carbonyl (C=O) groups excluding carboxylic acids is 1. The number of nitrogens with zero attached hydrogens (tertiary/aromatic N) is 3. The van der Waals surface area contributed by atoms with E-state index in [-0.39, 0.29) is 5.91 Å². The van der Waals surface area contributed by atoms with Gasteiger partial charge in [-0.25, -0.2) is 0 Å². The summed E-state index contributed by atoms with van der Waals surface area (Å²) in [5.74, 6) is 0.359. The molecule has 3 rings (SSSR count). The highest BCUT2D eigenvalue weighted by molar-refractivity contribution is 5.95. The molecule has 0 spiro atoms. The molecule has 0 unspecified atom stereocenters. The fourth-order valence-corrected chi connectivity index (χ4v) is 3.23. The highest BCUT2D eigenvalue weighted by atomic mass is 16.2. The second kappa shape index (κ2) is 7.07. The third-order valence-electron chi connectivity index (χ3n) is 4.71. The molecule has 2 aromatic rings. The van der Waals surface area contributed by atoms with Crippen LogP contribution in [0.1, 0.15) is 45.8 Å². The van der Waals surface area contributed by atoms with E-state index < -0.39 is 0 Å². The zero-order valence-electron chi connectivity index (χ0n) is 13.8. The van der Waals surface area contributed by atoms with Crippen LogP contribution in [-0.2, 0) is 0 Å². The lowest BCUT2D eigenvalue weighted by atomic mass is 9.89. The summed E-state index contributed by atoms with van der Waals surface area (Å²) < 4.78 is 0. The van der Waals surface area contributed by atoms with Crippen LogP contribution in [0.4, 0.5) is 5.69 Å². The van der Waals surface area contributed by atoms with Gasteiger partial charge in [-0.2, -0.15) is 10.5 Å². The maximum Gasteiger partial charge on any atom is 0.253 e. The van der Waals surface area contributed by atoms with Gasteiger partial charge in [-0.15, -0.1) is 0 Å². The SMILES string of the molecule is N#Cc1ccc(C2CCN(C(=O)c3ccc(C#N)c(N)c3)CC2)cc1. The number of rotatable bonds is 2. The van der Waals surface area contributed by atoms with Gasteiger partial charge in [0.25, 0.3) is 5.91 Å². The van der Waals surface area contributed by atoms with Crippen LogP contribution in [0.25, 0.3) is 0 Å². The van der Waals surface area contributed by atoms with Crippen LogP contribution in [0.15, 0.2) is 42.5 Å². The van der Waals surface area contributed by atoms with Crippen LogP contribution in [0, 0.1) is 22.7 Å². The Morgan fingerprint density at radius 2 is 1.72 bits per heavy atom. The lowest BCUT2D eigenvalue weighted by molar-refractivity contribution is 0.0713. The van der Waals surface area contributed by atoms with Crippen molar-refractivity contribution in [2.45, 2.75) is 18.8 Å². The average Bonchev–Trinajstić information content (AvgIpc) is 2.67. The Morgan fingerprint density at radius 1 is 1.04 bits per heavy atom. The Kier molecular flexibility index (Phi) is 4.68. The summed E-state index contributed by atoms with van der Waals surface area (Å²) in [5, 5.41) is 17.8. The second-order valence-corrected chi connectivity index (χ2v) is 6.21. The molecule has 1 amide bonds. The number of hydrogen-bond donors (Lipinski definition) is 1. The average molecular weight is 330 g/mol. The Morgan fingerprint density at radius 3 is 2.28 bits per heavy atom. The highest BCUT2D eigenvalue weighted by Gasteiger charge is 2.24. The molecular weight excluding hydrogens is 312 g/mol. The zero-order chi connectivity index (χ0) is 17.8. The van der Waals surface area contributed by atoms with E-state index in [0.29, 0.717) is 41.4 Å². The number of anilines is 1. The molecule has 0 atom stereocenters. The van der Waals surface area contributed by atoms with Gasteiger partial charge >= 0.3 is 0 Å². The first kappa shape index (κ1) is 16.5. The number of hydrogen-bond acceptors (Lipinski definition) is 4. The monoisotopic (exact) mass is 330 g/mol. The summed E-state index contributed by atoms with van der Waals surface area (Å²) in [6.07, 6.45) is 1.78. The van der Waals surface area contributed by atoms with Crippen molar-refractivity contribution in [3.05, 3.63) is 64.7 Å². The molecule has 1 heterocycles. The van der Waals surface area contributed by atoms with Gasteiger partial charge in [-0.1, -0.05) is 12.1 Å². The number of likely N-dealkylation sites (tertiary alicyclic amines) is 1. The molecule has 0 radical (unpaired) electrons. The quantitative estimate of drug-likeness (QED) is 0.856. The van der Waals surface area contributed by atoms with E-state index in [2.05, 4.69) is 6.07 Å².